The lowest BCUT2D eigenvalue weighted by molar-refractivity contribution is -0.154. The molecular weight excluding hydrogens is 394 g/mol. The van der Waals surface area contributed by atoms with Crippen LogP contribution in [0.1, 0.15) is 29.6 Å². The van der Waals surface area contributed by atoms with Crippen molar-refractivity contribution in [2.75, 3.05) is 33.3 Å². The van der Waals surface area contributed by atoms with Crippen LogP contribution in [0.5, 0.6) is 5.88 Å². The minimum absolute atomic E-state index is 0. The van der Waals surface area contributed by atoms with Gasteiger partial charge in [-0.2, -0.15) is 13.2 Å². The van der Waals surface area contributed by atoms with E-state index in [1.807, 2.05) is 7.05 Å². The van der Waals surface area contributed by atoms with Crippen molar-refractivity contribution < 1.29 is 22.7 Å². The third-order valence-corrected chi connectivity index (χ3v) is 4.08. The lowest BCUT2D eigenvalue weighted by Gasteiger charge is -2.32. The summed E-state index contributed by atoms with van der Waals surface area (Å²) >= 11 is 0. The van der Waals surface area contributed by atoms with Gasteiger partial charge in [-0.3, -0.25) is 4.79 Å². The molecule has 5 nitrogen and oxygen atoms in total. The molecule has 2 rings (SSSR count). The van der Waals surface area contributed by atoms with Crippen LogP contribution in [0.2, 0.25) is 0 Å². The summed E-state index contributed by atoms with van der Waals surface area (Å²) in [6.07, 6.45) is -0.305. The Balaban J connectivity index is 0.00000312. The van der Waals surface area contributed by atoms with Gasteiger partial charge in [0.1, 0.15) is 5.56 Å². The maximum atomic E-state index is 12.6. The molecule has 0 radical (unpaired) electrons. The van der Waals surface area contributed by atoms with Crippen molar-refractivity contribution in [2.24, 2.45) is 5.92 Å². The van der Waals surface area contributed by atoms with Crippen molar-refractivity contribution in [3.63, 3.8) is 0 Å². The molecule has 1 saturated heterocycles. The smallest absolute Gasteiger partial charge is 0.422 e. The van der Waals surface area contributed by atoms with Crippen LogP contribution in [-0.4, -0.2) is 55.3 Å². The number of halogens is 5. The summed E-state index contributed by atoms with van der Waals surface area (Å²) in [6, 6.07) is 2.97. The molecule has 1 aliphatic heterocycles. The topological polar surface area (TPSA) is 54.5 Å². The van der Waals surface area contributed by atoms with Crippen LogP contribution in [0.25, 0.3) is 0 Å². The van der Waals surface area contributed by atoms with Crippen LogP contribution in [0.4, 0.5) is 13.2 Å². The van der Waals surface area contributed by atoms with E-state index in [2.05, 4.69) is 10.3 Å². The highest BCUT2D eigenvalue weighted by molar-refractivity contribution is 5.96. The van der Waals surface area contributed by atoms with Gasteiger partial charge < -0.3 is 15.0 Å². The number of likely N-dealkylation sites (tertiary alicyclic amines) is 1. The Morgan fingerprint density at radius 1 is 1.35 bits per heavy atom. The van der Waals surface area contributed by atoms with E-state index in [4.69, 9.17) is 4.74 Å². The summed E-state index contributed by atoms with van der Waals surface area (Å²) in [7, 11) is 1.91. The molecule has 0 aromatic carbocycles. The Labute approximate surface area is 163 Å². The summed E-state index contributed by atoms with van der Waals surface area (Å²) in [5.74, 6) is -0.0270. The molecule has 10 heteroatoms. The molecule has 0 bridgehead atoms. The molecule has 1 aliphatic rings. The van der Waals surface area contributed by atoms with Gasteiger partial charge in [-0.1, -0.05) is 0 Å². The Morgan fingerprint density at radius 3 is 2.58 bits per heavy atom. The second kappa shape index (κ2) is 11.5. The van der Waals surface area contributed by atoms with E-state index < -0.39 is 12.8 Å². The van der Waals surface area contributed by atoms with Gasteiger partial charge >= 0.3 is 6.18 Å². The number of aromatic nitrogens is 1. The monoisotopic (exact) mass is 417 g/mol. The minimum Gasteiger partial charge on any atom is -0.467 e. The van der Waals surface area contributed by atoms with Gasteiger partial charge in [0.2, 0.25) is 5.88 Å². The highest BCUT2D eigenvalue weighted by Crippen LogP contribution is 2.25. The molecule has 0 unspecified atom stereocenters. The number of piperidine rings is 1. The van der Waals surface area contributed by atoms with E-state index in [0.717, 1.165) is 25.8 Å². The van der Waals surface area contributed by atoms with Gasteiger partial charge in [0.15, 0.2) is 6.61 Å². The number of ether oxygens (including phenoxy) is 1. The van der Waals surface area contributed by atoms with Crippen molar-refractivity contribution in [3.05, 3.63) is 23.9 Å². The number of rotatable bonds is 6. The van der Waals surface area contributed by atoms with Crippen LogP contribution in [-0.2, 0) is 0 Å². The fourth-order valence-electron chi connectivity index (χ4n) is 2.76. The molecule has 1 amide bonds. The maximum Gasteiger partial charge on any atom is 0.422 e. The molecule has 1 N–H and O–H groups in total. The largest absolute Gasteiger partial charge is 0.467 e. The number of hydrogen-bond acceptors (Lipinski definition) is 4. The average molecular weight is 418 g/mol. The van der Waals surface area contributed by atoms with Gasteiger partial charge in [-0.15, -0.1) is 24.8 Å². The summed E-state index contributed by atoms with van der Waals surface area (Å²) in [5.41, 5.74) is 0.0791. The van der Waals surface area contributed by atoms with Gasteiger partial charge in [0.25, 0.3) is 5.91 Å². The third-order valence-electron chi connectivity index (χ3n) is 4.08. The molecule has 26 heavy (non-hydrogen) atoms. The van der Waals surface area contributed by atoms with Crippen LogP contribution in [0, 0.1) is 5.92 Å². The molecule has 150 valence electrons. The van der Waals surface area contributed by atoms with Gasteiger partial charge in [0.05, 0.1) is 0 Å². The first kappa shape index (κ1) is 24.8. The van der Waals surface area contributed by atoms with Crippen LogP contribution < -0.4 is 10.1 Å². The molecule has 2 heterocycles. The number of nitrogens with one attached hydrogen (secondary N) is 1. The molecule has 0 saturated carbocycles. The van der Waals surface area contributed by atoms with E-state index in [-0.39, 0.29) is 42.2 Å². The number of alkyl halides is 3. The number of nitrogens with zero attached hydrogens (tertiary/aromatic N) is 2. The standard InChI is InChI=1S/C16H22F3N3O2.2ClH/c1-20-8-4-12-5-9-22(10-6-12)15(23)13-3-2-7-21-14(13)24-11-16(17,18)19;;/h2-3,7,12,20H,4-6,8-11H2,1H3;2*1H. The summed E-state index contributed by atoms with van der Waals surface area (Å²) < 4.78 is 41.7. The number of carbonyl (C=O) groups is 1. The van der Waals surface area contributed by atoms with E-state index in [9.17, 15) is 18.0 Å². The first-order valence-corrected chi connectivity index (χ1v) is 7.99. The Hall–Kier alpha value is -1.25. The van der Waals surface area contributed by atoms with Crippen LogP contribution in [0.15, 0.2) is 18.3 Å². The lowest BCUT2D eigenvalue weighted by atomic mass is 9.93. The SMILES string of the molecule is CNCCC1CCN(C(=O)c2cccnc2OCC(F)(F)F)CC1.Cl.Cl. The minimum atomic E-state index is -4.47. The second-order valence-corrected chi connectivity index (χ2v) is 5.89. The lowest BCUT2D eigenvalue weighted by Crippen LogP contribution is -2.39. The van der Waals surface area contributed by atoms with Crippen LogP contribution >= 0.6 is 24.8 Å². The predicted octanol–water partition coefficient (Wildman–Crippen LogP) is 3.33. The van der Waals surface area contributed by atoms with E-state index >= 15 is 0 Å². The fourth-order valence-corrected chi connectivity index (χ4v) is 2.76. The van der Waals surface area contributed by atoms with E-state index in [1.165, 1.54) is 18.3 Å². The summed E-state index contributed by atoms with van der Waals surface area (Å²) in [6.45, 7) is 0.675. The molecule has 1 aromatic rings. The predicted molar refractivity (Wildman–Crippen MR) is 97.5 cm³/mol. The third kappa shape index (κ3) is 7.55. The average Bonchev–Trinajstić information content (AvgIpc) is 2.57. The zero-order chi connectivity index (χ0) is 17.6. The molecule has 1 fully saturated rings. The van der Waals surface area contributed by atoms with Gasteiger partial charge in [-0.25, -0.2) is 4.98 Å². The van der Waals surface area contributed by atoms with E-state index in [1.54, 1.807) is 4.90 Å². The van der Waals surface area contributed by atoms with Gasteiger partial charge in [0, 0.05) is 19.3 Å². The first-order valence-electron chi connectivity index (χ1n) is 7.99. The number of amides is 1. The van der Waals surface area contributed by atoms with E-state index in [0.29, 0.717) is 19.0 Å². The highest BCUT2D eigenvalue weighted by Gasteiger charge is 2.31. The molecule has 0 aliphatic carbocycles. The quantitative estimate of drug-likeness (QED) is 0.770. The Bertz CT molecular complexity index is 554. The van der Waals surface area contributed by atoms with Crippen LogP contribution in [0.3, 0.4) is 0 Å². The number of carbonyl (C=O) groups excluding carboxylic acids is 1. The zero-order valence-electron chi connectivity index (χ0n) is 14.4. The van der Waals surface area contributed by atoms with Crippen molar-refractivity contribution in [1.82, 2.24) is 15.2 Å². The normalized spacial score (nSPS) is 15.0. The summed E-state index contributed by atoms with van der Waals surface area (Å²) in [4.78, 5) is 18.0. The van der Waals surface area contributed by atoms with Crippen molar-refractivity contribution >= 4 is 30.7 Å². The Kier molecular flexibility index (Phi) is 10.9. The highest BCUT2D eigenvalue weighted by atomic mass is 35.5. The summed E-state index contributed by atoms with van der Waals surface area (Å²) in [5, 5.41) is 3.11. The van der Waals surface area contributed by atoms with Crippen molar-refractivity contribution in [3.8, 4) is 5.88 Å². The molecule has 1 aromatic heterocycles. The Morgan fingerprint density at radius 2 is 2.00 bits per heavy atom. The second-order valence-electron chi connectivity index (χ2n) is 5.89. The number of pyridine rings is 1. The van der Waals surface area contributed by atoms with Crippen molar-refractivity contribution in [1.29, 1.82) is 0 Å². The molecular formula is C16H24Cl2F3N3O2. The maximum absolute atomic E-state index is 12.6. The molecule has 0 atom stereocenters. The molecule has 0 spiro atoms. The number of hydrogen-bond donors (Lipinski definition) is 1. The van der Waals surface area contributed by atoms with Crippen molar-refractivity contribution in [2.45, 2.75) is 25.4 Å². The fraction of sp³-hybridized carbons (Fsp3) is 0.625. The van der Waals surface area contributed by atoms with Gasteiger partial charge in [-0.05, 0) is 50.9 Å². The first-order chi connectivity index (χ1) is 11.4. The zero-order valence-corrected chi connectivity index (χ0v) is 16.1.